The van der Waals surface area contributed by atoms with Crippen LogP contribution in [0.25, 0.3) is 0 Å². The van der Waals surface area contributed by atoms with Crippen LogP contribution < -0.4 is 0 Å². The summed E-state index contributed by atoms with van der Waals surface area (Å²) in [5, 5.41) is 18.2. The van der Waals surface area contributed by atoms with Gasteiger partial charge in [-0.05, 0) is 6.92 Å². The standard InChI is InChI=1S/C12H12N2O4/c1-8(5-15)11(4-13)12(7-14,9(2)6-16)18-10(3)17/h5-6,9H,1-3H3/b11-8+. The number of aldehydes is 2. The molecule has 2 unspecified atom stereocenters. The van der Waals surface area contributed by atoms with Gasteiger partial charge in [0.1, 0.15) is 24.7 Å². The molecule has 0 aromatic carbocycles. The number of nitrogens with zero attached hydrogens (tertiary/aromatic N) is 2. The minimum atomic E-state index is -2.06. The molecule has 0 spiro atoms. The number of allylic oxidation sites excluding steroid dienone is 1. The van der Waals surface area contributed by atoms with E-state index < -0.39 is 17.5 Å². The fourth-order valence-corrected chi connectivity index (χ4v) is 1.40. The number of ether oxygens (including phenoxy) is 1. The number of carbonyl (C=O) groups is 3. The van der Waals surface area contributed by atoms with Gasteiger partial charge in [-0.3, -0.25) is 9.59 Å². The minimum absolute atomic E-state index is 0.0611. The quantitative estimate of drug-likeness (QED) is 0.306. The van der Waals surface area contributed by atoms with Crippen molar-refractivity contribution in [2.45, 2.75) is 26.4 Å². The molecule has 2 atom stereocenters. The van der Waals surface area contributed by atoms with E-state index in [1.54, 1.807) is 12.1 Å². The van der Waals surface area contributed by atoms with E-state index >= 15 is 0 Å². The first-order chi connectivity index (χ1) is 8.39. The van der Waals surface area contributed by atoms with Crippen LogP contribution in [0.15, 0.2) is 11.1 Å². The van der Waals surface area contributed by atoms with Crippen molar-refractivity contribution < 1.29 is 19.1 Å². The second-order valence-corrected chi connectivity index (χ2v) is 3.65. The van der Waals surface area contributed by atoms with Crippen molar-refractivity contribution in [3.05, 3.63) is 11.1 Å². The largest absolute Gasteiger partial charge is 0.438 e. The molecule has 0 fully saturated rings. The maximum atomic E-state index is 11.1. The zero-order valence-electron chi connectivity index (χ0n) is 10.3. The maximum absolute atomic E-state index is 11.1. The number of rotatable bonds is 5. The molecule has 0 aliphatic rings. The van der Waals surface area contributed by atoms with E-state index in [1.807, 2.05) is 0 Å². The normalized spacial score (nSPS) is 16.1. The van der Waals surface area contributed by atoms with Gasteiger partial charge < -0.3 is 9.53 Å². The lowest BCUT2D eigenvalue weighted by Crippen LogP contribution is -2.43. The van der Waals surface area contributed by atoms with Crippen LogP contribution in [0, 0.1) is 28.6 Å². The van der Waals surface area contributed by atoms with Gasteiger partial charge in [0.15, 0.2) is 0 Å². The molecule has 0 bridgehead atoms. The van der Waals surface area contributed by atoms with E-state index in [4.69, 9.17) is 10.00 Å². The van der Waals surface area contributed by atoms with Gasteiger partial charge in [0.2, 0.25) is 5.60 Å². The summed E-state index contributed by atoms with van der Waals surface area (Å²) in [4.78, 5) is 32.6. The third kappa shape index (κ3) is 2.80. The van der Waals surface area contributed by atoms with Gasteiger partial charge in [-0.1, -0.05) is 6.92 Å². The fraction of sp³-hybridized carbons (Fsp3) is 0.417. The fourth-order valence-electron chi connectivity index (χ4n) is 1.40. The Morgan fingerprint density at radius 2 is 1.89 bits per heavy atom. The van der Waals surface area contributed by atoms with Crippen LogP contribution in [0.1, 0.15) is 20.8 Å². The van der Waals surface area contributed by atoms with Crippen molar-refractivity contribution in [2.75, 3.05) is 0 Å². The lowest BCUT2D eigenvalue weighted by molar-refractivity contribution is -0.152. The smallest absolute Gasteiger partial charge is 0.304 e. The van der Waals surface area contributed by atoms with E-state index in [0.717, 1.165) is 6.92 Å². The van der Waals surface area contributed by atoms with Gasteiger partial charge in [-0.25, -0.2) is 0 Å². The second-order valence-electron chi connectivity index (χ2n) is 3.65. The highest BCUT2D eigenvalue weighted by molar-refractivity contribution is 5.79. The molecular weight excluding hydrogens is 236 g/mol. The van der Waals surface area contributed by atoms with Crippen molar-refractivity contribution in [2.24, 2.45) is 5.92 Å². The van der Waals surface area contributed by atoms with Crippen LogP contribution in [0.2, 0.25) is 0 Å². The Bertz CT molecular complexity index is 481. The highest BCUT2D eigenvalue weighted by atomic mass is 16.6. The van der Waals surface area contributed by atoms with Crippen molar-refractivity contribution in [3.63, 3.8) is 0 Å². The summed E-state index contributed by atoms with van der Waals surface area (Å²) < 4.78 is 4.85. The van der Waals surface area contributed by atoms with Crippen molar-refractivity contribution >= 4 is 18.5 Å². The van der Waals surface area contributed by atoms with Gasteiger partial charge in [-0.2, -0.15) is 10.5 Å². The third-order valence-corrected chi connectivity index (χ3v) is 2.37. The van der Waals surface area contributed by atoms with Crippen LogP contribution in [0.4, 0.5) is 0 Å². The summed E-state index contributed by atoms with van der Waals surface area (Å²) in [6.45, 7) is 3.68. The monoisotopic (exact) mass is 248 g/mol. The Hall–Kier alpha value is -2.47. The van der Waals surface area contributed by atoms with Crippen molar-refractivity contribution in [1.82, 2.24) is 0 Å². The van der Waals surface area contributed by atoms with E-state index in [-0.39, 0.29) is 11.1 Å². The van der Waals surface area contributed by atoms with Gasteiger partial charge in [-0.15, -0.1) is 0 Å². The molecule has 0 aromatic rings. The second kappa shape index (κ2) is 6.31. The molecule has 6 heteroatoms. The number of hydrogen-bond donors (Lipinski definition) is 0. The summed E-state index contributed by atoms with van der Waals surface area (Å²) >= 11 is 0. The van der Waals surface area contributed by atoms with Crippen LogP contribution >= 0.6 is 0 Å². The van der Waals surface area contributed by atoms with Gasteiger partial charge in [0.05, 0.1) is 11.5 Å². The van der Waals surface area contributed by atoms with Crippen molar-refractivity contribution in [3.8, 4) is 12.1 Å². The van der Waals surface area contributed by atoms with Crippen LogP contribution in [-0.4, -0.2) is 24.1 Å². The van der Waals surface area contributed by atoms with E-state index in [1.165, 1.54) is 13.8 Å². The Balaban J connectivity index is 6.13. The molecule has 0 saturated carbocycles. The average Bonchev–Trinajstić information content (AvgIpc) is 2.36. The molecule has 0 aliphatic heterocycles. The molecule has 0 aliphatic carbocycles. The lowest BCUT2D eigenvalue weighted by atomic mass is 9.82. The summed E-state index contributed by atoms with van der Waals surface area (Å²) in [7, 11) is 0. The van der Waals surface area contributed by atoms with Crippen molar-refractivity contribution in [1.29, 1.82) is 10.5 Å². The molecule has 0 amide bonds. The minimum Gasteiger partial charge on any atom is -0.438 e. The lowest BCUT2D eigenvalue weighted by Gasteiger charge is -2.28. The molecule has 0 radical (unpaired) electrons. The first kappa shape index (κ1) is 15.5. The number of nitriles is 2. The maximum Gasteiger partial charge on any atom is 0.304 e. The molecule has 0 N–H and O–H groups in total. The Morgan fingerprint density at radius 1 is 1.33 bits per heavy atom. The summed E-state index contributed by atoms with van der Waals surface area (Å²) in [5.41, 5.74) is -2.46. The van der Waals surface area contributed by atoms with Gasteiger partial charge in [0, 0.05) is 12.5 Å². The number of carbonyl (C=O) groups excluding carboxylic acids is 3. The topological polar surface area (TPSA) is 108 Å². The van der Waals surface area contributed by atoms with E-state index in [0.29, 0.717) is 12.6 Å². The first-order valence-electron chi connectivity index (χ1n) is 5.02. The molecule has 94 valence electrons. The molecule has 0 aromatic heterocycles. The molecule has 0 saturated heterocycles. The summed E-state index contributed by atoms with van der Waals surface area (Å²) in [6, 6.07) is 3.31. The van der Waals surface area contributed by atoms with E-state index in [9.17, 15) is 19.6 Å². The van der Waals surface area contributed by atoms with Gasteiger partial charge in [0.25, 0.3) is 0 Å². The summed E-state index contributed by atoms with van der Waals surface area (Å²) in [5.74, 6) is -1.90. The average molecular weight is 248 g/mol. The predicted molar refractivity (Wildman–Crippen MR) is 59.7 cm³/mol. The number of esters is 1. The van der Waals surface area contributed by atoms with Crippen LogP contribution in [0.3, 0.4) is 0 Å². The molecule has 6 nitrogen and oxygen atoms in total. The Kier molecular flexibility index (Phi) is 5.44. The zero-order chi connectivity index (χ0) is 14.3. The first-order valence-corrected chi connectivity index (χ1v) is 5.02. The third-order valence-electron chi connectivity index (χ3n) is 2.37. The predicted octanol–water partition coefficient (Wildman–Crippen LogP) is 0.686. The highest BCUT2D eigenvalue weighted by Gasteiger charge is 2.45. The van der Waals surface area contributed by atoms with E-state index in [2.05, 4.69) is 0 Å². The Labute approximate surface area is 104 Å². The number of hydrogen-bond acceptors (Lipinski definition) is 6. The van der Waals surface area contributed by atoms with Crippen LogP contribution in [-0.2, 0) is 19.1 Å². The highest BCUT2D eigenvalue weighted by Crippen LogP contribution is 2.30. The molecule has 18 heavy (non-hydrogen) atoms. The van der Waals surface area contributed by atoms with Crippen LogP contribution in [0.5, 0.6) is 0 Å². The molecular formula is C12H12N2O4. The Morgan fingerprint density at radius 3 is 2.17 bits per heavy atom. The summed E-state index contributed by atoms with van der Waals surface area (Å²) in [6.07, 6.45) is 0.757. The molecule has 0 rings (SSSR count). The SMILES string of the molecule is CC(=O)OC(C#N)(/C(C#N)=C(\C)C=O)C(C)C=O. The van der Waals surface area contributed by atoms with Gasteiger partial charge >= 0.3 is 5.97 Å². The zero-order valence-corrected chi connectivity index (χ0v) is 10.3. The molecule has 0 heterocycles.